The lowest BCUT2D eigenvalue weighted by molar-refractivity contribution is -0.870. The summed E-state index contributed by atoms with van der Waals surface area (Å²) in [5.74, 6) is -1.38. The lowest BCUT2D eigenvalue weighted by Gasteiger charge is -2.24. The quantitative estimate of drug-likeness (QED) is 0.0117. The third kappa shape index (κ3) is 30.7. The van der Waals surface area contributed by atoms with Crippen molar-refractivity contribution < 1.29 is 57.4 Å². The van der Waals surface area contributed by atoms with E-state index in [2.05, 4.69) is 26.0 Å². The summed E-state index contributed by atoms with van der Waals surface area (Å²) >= 11 is 0. The van der Waals surface area contributed by atoms with Gasteiger partial charge in [0.1, 0.15) is 25.5 Å². The molecule has 1 fully saturated rings. The number of carbonyl (C=O) groups excluding carboxylic acids is 2. The molecule has 0 heterocycles. The van der Waals surface area contributed by atoms with Gasteiger partial charge in [-0.3, -0.25) is 18.6 Å². The number of phosphoric ester groups is 1. The van der Waals surface area contributed by atoms with Gasteiger partial charge in [0, 0.05) is 37.5 Å². The number of likely N-dealkylation sites (N-methyl/N-ethyl adjacent to an activating group) is 1. The van der Waals surface area contributed by atoms with Gasteiger partial charge in [0.15, 0.2) is 6.10 Å². The van der Waals surface area contributed by atoms with Crippen LogP contribution in [0, 0.1) is 11.8 Å². The maximum atomic E-state index is 12.9. The highest BCUT2D eigenvalue weighted by atomic mass is 31.2. The number of unbranched alkanes of at least 4 members (excludes halogenated alkanes) is 14. The topological polar surface area (TPSA) is 169 Å². The number of aliphatic hydroxyl groups is 3. The Labute approximate surface area is 358 Å². The maximum Gasteiger partial charge on any atom is 0.472 e. The van der Waals surface area contributed by atoms with Crippen LogP contribution in [0.1, 0.15) is 162 Å². The van der Waals surface area contributed by atoms with Crippen LogP contribution in [0.25, 0.3) is 0 Å². The Morgan fingerprint density at radius 1 is 0.763 bits per heavy atom. The zero-order valence-electron chi connectivity index (χ0n) is 37.6. The number of ketones is 1. The summed E-state index contributed by atoms with van der Waals surface area (Å²) in [6.07, 6.45) is 29.0. The summed E-state index contributed by atoms with van der Waals surface area (Å²) in [5, 5.41) is 31.3. The molecule has 1 rings (SSSR count). The van der Waals surface area contributed by atoms with Crippen molar-refractivity contribution in [2.45, 2.75) is 186 Å². The lowest BCUT2D eigenvalue weighted by Crippen LogP contribution is -2.37. The Morgan fingerprint density at radius 2 is 1.36 bits per heavy atom. The number of carbonyl (C=O) groups is 2. The van der Waals surface area contributed by atoms with Gasteiger partial charge in [-0.2, -0.15) is 0 Å². The fraction of sp³-hybridized carbons (Fsp3) is 0.826. The van der Waals surface area contributed by atoms with Gasteiger partial charge in [-0.15, -0.1) is 0 Å². The second kappa shape index (κ2) is 33.7. The van der Waals surface area contributed by atoms with E-state index in [1.807, 2.05) is 27.2 Å². The largest absolute Gasteiger partial charge is 0.492 e. The van der Waals surface area contributed by atoms with Gasteiger partial charge in [0.25, 0.3) is 0 Å². The fourth-order valence-corrected chi connectivity index (χ4v) is 7.74. The SMILES string of the molecule is CCCCCCCC/C=C\CCCCCC/C=C/O[C@H](COC(=O)CCCCC(=O)C[C@@H]1[C@@H](/C=C/[C@@H](O)CCCCC)[C@H](O)C[C@@H]1O)COP(=O)(O)OCC[N+](C)(C)C. The Hall–Kier alpha value is -1.89. The normalized spacial score (nSPS) is 20.8. The summed E-state index contributed by atoms with van der Waals surface area (Å²) in [5.41, 5.74) is 0. The van der Waals surface area contributed by atoms with E-state index < -0.39 is 50.0 Å². The van der Waals surface area contributed by atoms with Crippen molar-refractivity contribution >= 4 is 19.6 Å². The van der Waals surface area contributed by atoms with Crippen LogP contribution in [0.2, 0.25) is 0 Å². The summed E-state index contributed by atoms with van der Waals surface area (Å²) < 4.78 is 34.6. The van der Waals surface area contributed by atoms with Crippen molar-refractivity contribution in [3.05, 3.63) is 36.6 Å². The Morgan fingerprint density at radius 3 is 2.00 bits per heavy atom. The molecule has 0 amide bonds. The third-order valence-electron chi connectivity index (χ3n) is 10.7. The molecule has 12 nitrogen and oxygen atoms in total. The molecule has 0 spiro atoms. The third-order valence-corrected chi connectivity index (χ3v) is 11.7. The van der Waals surface area contributed by atoms with Crippen molar-refractivity contribution in [1.82, 2.24) is 0 Å². The molecule has 0 aromatic rings. The number of hydrogen-bond acceptors (Lipinski definition) is 10. The number of quaternary nitrogens is 1. The summed E-state index contributed by atoms with van der Waals surface area (Å²) in [4.78, 5) is 35.7. The van der Waals surface area contributed by atoms with E-state index in [0.717, 1.165) is 51.4 Å². The fourth-order valence-electron chi connectivity index (χ4n) is 7.00. The molecule has 4 N–H and O–H groups in total. The minimum Gasteiger partial charge on any atom is -0.492 e. The average Bonchev–Trinajstić information content (AvgIpc) is 3.44. The van der Waals surface area contributed by atoms with E-state index in [9.17, 15) is 34.4 Å². The number of hydrogen-bond donors (Lipinski definition) is 4. The minimum absolute atomic E-state index is 0.0276. The van der Waals surface area contributed by atoms with Gasteiger partial charge in [-0.1, -0.05) is 102 Å². The number of rotatable bonds is 38. The second-order valence-corrected chi connectivity index (χ2v) is 18.9. The van der Waals surface area contributed by atoms with Gasteiger partial charge < -0.3 is 34.2 Å². The zero-order chi connectivity index (χ0) is 43.8. The number of allylic oxidation sites excluding steroid dienone is 3. The number of nitrogens with zero attached hydrogens (tertiary/aromatic N) is 1. The highest BCUT2D eigenvalue weighted by molar-refractivity contribution is 7.47. The Balaban J connectivity index is 2.49. The standard InChI is InChI=1S/C46H84NO11P/c1-6-8-10-11-12-13-14-15-16-17-18-19-20-21-22-26-33-55-41(38-58-59(53,54)57-34-32-47(3,4)5)37-56-46(52)29-25-24-28-40(49)35-43-42(44(50)36-45(43)51)31-30-39(48)27-23-9-7-2/h15-16,26,30-31,33,39,41-45,48,50-51H,6-14,17-25,27-29,32,34-38H2,1-5H3/p+1/b16-15-,31-30+,33-26+/t39-,41+,42+,43+,44+,45-/m0/s1. The van der Waals surface area contributed by atoms with Crippen molar-refractivity contribution in [2.24, 2.45) is 11.8 Å². The number of phosphoric acid groups is 1. The molecule has 59 heavy (non-hydrogen) atoms. The predicted octanol–water partition coefficient (Wildman–Crippen LogP) is 9.29. The second-order valence-electron chi connectivity index (χ2n) is 17.5. The molecule has 344 valence electrons. The van der Waals surface area contributed by atoms with Crippen LogP contribution in [-0.2, 0) is 32.7 Å². The van der Waals surface area contributed by atoms with Gasteiger partial charge >= 0.3 is 13.8 Å². The van der Waals surface area contributed by atoms with Crippen LogP contribution in [0.15, 0.2) is 36.6 Å². The predicted molar refractivity (Wildman–Crippen MR) is 235 cm³/mol. The first-order valence-electron chi connectivity index (χ1n) is 22.9. The molecule has 0 aromatic heterocycles. The van der Waals surface area contributed by atoms with Crippen LogP contribution < -0.4 is 0 Å². The van der Waals surface area contributed by atoms with Crippen LogP contribution in [-0.4, -0.2) is 108 Å². The van der Waals surface area contributed by atoms with Crippen molar-refractivity contribution in [3.8, 4) is 0 Å². The zero-order valence-corrected chi connectivity index (χ0v) is 38.5. The average molecular weight is 859 g/mol. The van der Waals surface area contributed by atoms with E-state index >= 15 is 0 Å². The molecule has 13 heteroatoms. The molecule has 1 unspecified atom stereocenters. The molecule has 1 aliphatic carbocycles. The molecule has 0 bridgehead atoms. The minimum atomic E-state index is -4.36. The van der Waals surface area contributed by atoms with E-state index in [-0.39, 0.29) is 51.3 Å². The number of esters is 1. The Kier molecular flexibility index (Phi) is 31.5. The molecular weight excluding hydrogens is 773 g/mol. The monoisotopic (exact) mass is 859 g/mol. The molecular formula is C46H85NO11P+. The van der Waals surface area contributed by atoms with Crippen molar-refractivity contribution in [3.63, 3.8) is 0 Å². The molecule has 0 radical (unpaired) electrons. The highest BCUT2D eigenvalue weighted by Crippen LogP contribution is 2.43. The van der Waals surface area contributed by atoms with E-state index in [0.29, 0.717) is 30.3 Å². The first kappa shape index (κ1) is 55.1. The van der Waals surface area contributed by atoms with Crippen LogP contribution in [0.5, 0.6) is 0 Å². The molecule has 1 aliphatic rings. The van der Waals surface area contributed by atoms with E-state index in [1.54, 1.807) is 12.2 Å². The van der Waals surface area contributed by atoms with Crippen LogP contribution >= 0.6 is 7.82 Å². The molecule has 0 saturated heterocycles. The first-order valence-corrected chi connectivity index (χ1v) is 24.4. The highest BCUT2D eigenvalue weighted by Gasteiger charge is 2.41. The Bertz CT molecular complexity index is 1220. The number of Topliss-reactive ketones (excluding diaryl/α,β-unsaturated/α-hetero) is 1. The number of ether oxygens (including phenoxy) is 2. The van der Waals surface area contributed by atoms with Gasteiger partial charge in [-0.05, 0) is 63.9 Å². The van der Waals surface area contributed by atoms with Crippen LogP contribution in [0.4, 0.5) is 0 Å². The first-order chi connectivity index (χ1) is 28.2. The van der Waals surface area contributed by atoms with Crippen molar-refractivity contribution in [2.75, 3.05) is 47.5 Å². The van der Waals surface area contributed by atoms with Crippen LogP contribution in [0.3, 0.4) is 0 Å². The maximum absolute atomic E-state index is 12.9. The summed E-state index contributed by atoms with van der Waals surface area (Å²) in [6, 6.07) is 0. The number of aliphatic hydroxyl groups excluding tert-OH is 3. The van der Waals surface area contributed by atoms with E-state index in [4.69, 9.17) is 18.5 Å². The van der Waals surface area contributed by atoms with Crippen molar-refractivity contribution in [1.29, 1.82) is 0 Å². The summed E-state index contributed by atoms with van der Waals surface area (Å²) in [7, 11) is 1.46. The lowest BCUT2D eigenvalue weighted by atomic mass is 9.87. The molecule has 0 aliphatic heterocycles. The smallest absolute Gasteiger partial charge is 0.472 e. The van der Waals surface area contributed by atoms with Gasteiger partial charge in [0.2, 0.25) is 0 Å². The molecule has 0 aromatic carbocycles. The van der Waals surface area contributed by atoms with E-state index in [1.165, 1.54) is 57.6 Å². The molecule has 1 saturated carbocycles. The molecule has 7 atom stereocenters. The van der Waals surface area contributed by atoms with Gasteiger partial charge in [0.05, 0.1) is 52.3 Å². The van der Waals surface area contributed by atoms with Gasteiger partial charge in [-0.25, -0.2) is 4.57 Å². The summed E-state index contributed by atoms with van der Waals surface area (Å²) in [6.45, 7) is 4.35.